The Hall–Kier alpha value is -2.41. The van der Waals surface area contributed by atoms with E-state index in [0.717, 1.165) is 11.3 Å². The summed E-state index contributed by atoms with van der Waals surface area (Å²) in [6.45, 7) is 0.658. The fourth-order valence-corrected chi connectivity index (χ4v) is 1.36. The number of nitrogen functional groups attached to an aromatic ring is 1. The molecule has 0 fully saturated rings. The van der Waals surface area contributed by atoms with Gasteiger partial charge < -0.3 is 15.5 Å². The minimum absolute atomic E-state index is 0.484. The summed E-state index contributed by atoms with van der Waals surface area (Å²) in [5.74, 6) is 0. The zero-order valence-electron chi connectivity index (χ0n) is 8.60. The third-order valence-electron chi connectivity index (χ3n) is 2.25. The van der Waals surface area contributed by atoms with Crippen molar-refractivity contribution in [2.45, 2.75) is 6.54 Å². The first kappa shape index (κ1) is 10.1. The second-order valence-corrected chi connectivity index (χ2v) is 3.40. The van der Waals surface area contributed by atoms with E-state index >= 15 is 0 Å². The Kier molecular flexibility index (Phi) is 2.79. The Balaban J connectivity index is 2.08. The lowest BCUT2D eigenvalue weighted by Crippen LogP contribution is -1.99. The number of nitrogens with zero attached hydrogens (tertiary/aromatic N) is 1. The van der Waals surface area contributed by atoms with E-state index in [1.54, 1.807) is 24.7 Å². The number of benzene rings is 1. The van der Waals surface area contributed by atoms with Crippen molar-refractivity contribution in [3.8, 4) is 6.07 Å². The van der Waals surface area contributed by atoms with Gasteiger partial charge in [0, 0.05) is 23.5 Å². The third-order valence-corrected chi connectivity index (χ3v) is 2.25. The summed E-state index contributed by atoms with van der Waals surface area (Å²) < 4.78 is 4.95. The van der Waals surface area contributed by atoms with Gasteiger partial charge in [-0.15, -0.1) is 0 Å². The van der Waals surface area contributed by atoms with Gasteiger partial charge in [0.2, 0.25) is 0 Å². The number of anilines is 2. The van der Waals surface area contributed by atoms with Crippen molar-refractivity contribution >= 4 is 11.4 Å². The Morgan fingerprint density at radius 2 is 2.25 bits per heavy atom. The van der Waals surface area contributed by atoms with Gasteiger partial charge in [-0.2, -0.15) is 5.26 Å². The fraction of sp³-hybridized carbons (Fsp3) is 0.0833. The van der Waals surface area contributed by atoms with Gasteiger partial charge in [-0.3, -0.25) is 0 Å². The highest BCUT2D eigenvalue weighted by Crippen LogP contribution is 2.17. The van der Waals surface area contributed by atoms with Crippen LogP contribution >= 0.6 is 0 Å². The molecule has 0 bridgehead atoms. The molecule has 2 rings (SSSR count). The van der Waals surface area contributed by atoms with E-state index in [4.69, 9.17) is 15.4 Å². The van der Waals surface area contributed by atoms with Crippen molar-refractivity contribution in [1.29, 1.82) is 5.26 Å². The van der Waals surface area contributed by atoms with Crippen LogP contribution in [0.2, 0.25) is 0 Å². The maximum absolute atomic E-state index is 8.82. The summed E-state index contributed by atoms with van der Waals surface area (Å²) in [5.41, 5.74) is 8.52. The van der Waals surface area contributed by atoms with E-state index in [-0.39, 0.29) is 0 Å². The molecule has 0 saturated carbocycles. The lowest BCUT2D eigenvalue weighted by molar-refractivity contribution is 0.564. The van der Waals surface area contributed by atoms with E-state index in [1.807, 2.05) is 18.2 Å². The molecule has 0 spiro atoms. The van der Waals surface area contributed by atoms with Crippen LogP contribution < -0.4 is 11.1 Å². The lowest BCUT2D eigenvalue weighted by Gasteiger charge is -2.06. The van der Waals surface area contributed by atoms with E-state index in [1.165, 1.54) is 0 Å². The number of nitrogens with two attached hydrogens (primary N) is 1. The highest BCUT2D eigenvalue weighted by Gasteiger charge is 2.00. The molecular formula is C12H11N3O. The zero-order chi connectivity index (χ0) is 11.4. The van der Waals surface area contributed by atoms with Crippen molar-refractivity contribution in [3.63, 3.8) is 0 Å². The summed E-state index contributed by atoms with van der Waals surface area (Å²) in [4.78, 5) is 0. The number of rotatable bonds is 3. The Morgan fingerprint density at radius 3 is 2.94 bits per heavy atom. The van der Waals surface area contributed by atoms with Crippen LogP contribution in [0.15, 0.2) is 41.2 Å². The average Bonchev–Trinajstić information content (AvgIpc) is 2.81. The molecule has 2 aromatic rings. The van der Waals surface area contributed by atoms with Crippen LogP contribution in [-0.2, 0) is 6.54 Å². The second kappa shape index (κ2) is 4.41. The average molecular weight is 213 g/mol. The molecule has 4 nitrogen and oxygen atoms in total. The number of furan rings is 1. The van der Waals surface area contributed by atoms with E-state index in [2.05, 4.69) is 5.32 Å². The fourth-order valence-electron chi connectivity index (χ4n) is 1.36. The predicted molar refractivity (Wildman–Crippen MR) is 61.6 cm³/mol. The first-order chi connectivity index (χ1) is 7.79. The molecule has 4 heteroatoms. The summed E-state index contributed by atoms with van der Waals surface area (Å²) in [7, 11) is 0. The monoisotopic (exact) mass is 213 g/mol. The smallest absolute Gasteiger partial charge is 0.101 e. The van der Waals surface area contributed by atoms with Crippen molar-refractivity contribution in [2.75, 3.05) is 11.1 Å². The molecule has 1 aromatic carbocycles. The Morgan fingerprint density at radius 1 is 1.38 bits per heavy atom. The maximum Gasteiger partial charge on any atom is 0.101 e. The third kappa shape index (κ3) is 2.15. The van der Waals surface area contributed by atoms with E-state index < -0.39 is 0 Å². The molecule has 80 valence electrons. The topological polar surface area (TPSA) is 75.0 Å². The highest BCUT2D eigenvalue weighted by molar-refractivity contribution is 5.61. The van der Waals surface area contributed by atoms with Gasteiger partial charge in [-0.25, -0.2) is 0 Å². The SMILES string of the molecule is N#Cc1cc(NCc2ccoc2)ccc1N. The van der Waals surface area contributed by atoms with Gasteiger partial charge in [0.05, 0.1) is 18.1 Å². The number of hydrogen-bond donors (Lipinski definition) is 2. The van der Waals surface area contributed by atoms with Crippen LogP contribution in [0, 0.1) is 11.3 Å². The van der Waals surface area contributed by atoms with E-state index in [9.17, 15) is 0 Å². The minimum atomic E-state index is 0.484. The molecule has 0 saturated heterocycles. The molecule has 0 unspecified atom stereocenters. The van der Waals surface area contributed by atoms with Gasteiger partial charge in [0.25, 0.3) is 0 Å². The molecule has 0 atom stereocenters. The first-order valence-electron chi connectivity index (χ1n) is 4.84. The molecule has 0 aliphatic carbocycles. The van der Waals surface area contributed by atoms with Crippen LogP contribution in [0.1, 0.15) is 11.1 Å². The normalized spacial score (nSPS) is 9.69. The van der Waals surface area contributed by atoms with Crippen LogP contribution in [0.5, 0.6) is 0 Å². The molecule has 0 aliphatic heterocycles. The first-order valence-corrected chi connectivity index (χ1v) is 4.84. The van der Waals surface area contributed by atoms with Crippen LogP contribution in [-0.4, -0.2) is 0 Å². The number of hydrogen-bond acceptors (Lipinski definition) is 4. The summed E-state index contributed by atoms with van der Waals surface area (Å²) in [6, 6.07) is 9.22. The number of nitrogens with one attached hydrogen (secondary N) is 1. The van der Waals surface area contributed by atoms with Gasteiger partial charge >= 0.3 is 0 Å². The zero-order valence-corrected chi connectivity index (χ0v) is 8.60. The molecular weight excluding hydrogens is 202 g/mol. The molecule has 0 amide bonds. The van der Waals surface area contributed by atoms with Gasteiger partial charge in [0.15, 0.2) is 0 Å². The van der Waals surface area contributed by atoms with E-state index in [0.29, 0.717) is 17.8 Å². The largest absolute Gasteiger partial charge is 0.472 e. The van der Waals surface area contributed by atoms with Gasteiger partial charge in [-0.1, -0.05) is 0 Å². The Bertz CT molecular complexity index is 512. The van der Waals surface area contributed by atoms with Gasteiger partial charge in [-0.05, 0) is 24.3 Å². The highest BCUT2D eigenvalue weighted by atomic mass is 16.3. The standard InChI is InChI=1S/C12H11N3O/c13-6-10-5-11(1-2-12(10)14)15-7-9-3-4-16-8-9/h1-5,8,15H,7,14H2. The van der Waals surface area contributed by atoms with Crippen molar-refractivity contribution in [3.05, 3.63) is 47.9 Å². The van der Waals surface area contributed by atoms with Crippen LogP contribution in [0.3, 0.4) is 0 Å². The molecule has 1 heterocycles. The Labute approximate surface area is 93.3 Å². The van der Waals surface area contributed by atoms with Crippen molar-refractivity contribution in [2.24, 2.45) is 0 Å². The second-order valence-electron chi connectivity index (χ2n) is 3.40. The van der Waals surface area contributed by atoms with Crippen molar-refractivity contribution in [1.82, 2.24) is 0 Å². The lowest BCUT2D eigenvalue weighted by atomic mass is 10.1. The quantitative estimate of drug-likeness (QED) is 0.767. The predicted octanol–water partition coefficient (Wildman–Crippen LogP) is 2.35. The molecule has 1 aromatic heterocycles. The summed E-state index contributed by atoms with van der Waals surface area (Å²) in [6.07, 6.45) is 3.30. The maximum atomic E-state index is 8.82. The van der Waals surface area contributed by atoms with Crippen molar-refractivity contribution < 1.29 is 4.42 Å². The van der Waals surface area contributed by atoms with Crippen LogP contribution in [0.25, 0.3) is 0 Å². The molecule has 3 N–H and O–H groups in total. The molecule has 0 radical (unpaired) electrons. The summed E-state index contributed by atoms with van der Waals surface area (Å²) >= 11 is 0. The summed E-state index contributed by atoms with van der Waals surface area (Å²) in [5, 5.41) is 12.0. The molecule has 16 heavy (non-hydrogen) atoms. The molecule has 0 aliphatic rings. The number of nitriles is 1. The van der Waals surface area contributed by atoms with Gasteiger partial charge in [0.1, 0.15) is 6.07 Å². The van der Waals surface area contributed by atoms with Crippen LogP contribution in [0.4, 0.5) is 11.4 Å². The minimum Gasteiger partial charge on any atom is -0.472 e.